The molecule has 0 aliphatic heterocycles. The van der Waals surface area contributed by atoms with Gasteiger partial charge in [0.2, 0.25) is 0 Å². The Labute approximate surface area is 97.1 Å². The molecule has 0 spiro atoms. The molecule has 1 N–H and O–H groups in total. The molecule has 1 aromatic carbocycles. The summed E-state index contributed by atoms with van der Waals surface area (Å²) in [6.07, 6.45) is 4.56. The Hall–Kier alpha value is -0.890. The zero-order chi connectivity index (χ0) is 11.5. The van der Waals surface area contributed by atoms with E-state index in [9.17, 15) is 4.39 Å². The topological polar surface area (TPSA) is 12.0 Å². The molecule has 0 radical (unpaired) electrons. The van der Waals surface area contributed by atoms with E-state index in [1.54, 1.807) is 6.07 Å². The first-order valence-electron chi connectivity index (χ1n) is 6.13. The molecule has 0 saturated heterocycles. The van der Waals surface area contributed by atoms with Crippen molar-refractivity contribution in [2.24, 2.45) is 5.92 Å². The summed E-state index contributed by atoms with van der Waals surface area (Å²) in [5.41, 5.74) is 2.00. The van der Waals surface area contributed by atoms with E-state index >= 15 is 0 Å². The summed E-state index contributed by atoms with van der Waals surface area (Å²) in [7, 11) is 2.01. The van der Waals surface area contributed by atoms with Gasteiger partial charge in [-0.1, -0.05) is 17.7 Å². The standard InChI is InChI=1S/C14H20FN/c1-10-3-7-13(15)12(9-10)6-8-14(16-2)11-4-5-11/h3,7,9,11,14,16H,4-6,8H2,1-2H3. The Morgan fingerprint density at radius 2 is 2.19 bits per heavy atom. The molecular formula is C14H20FN. The lowest BCUT2D eigenvalue weighted by atomic mass is 10.0. The molecular weight excluding hydrogens is 201 g/mol. The zero-order valence-corrected chi connectivity index (χ0v) is 10.1. The molecule has 1 saturated carbocycles. The van der Waals surface area contributed by atoms with E-state index in [0.29, 0.717) is 6.04 Å². The van der Waals surface area contributed by atoms with E-state index < -0.39 is 0 Å². The van der Waals surface area contributed by atoms with Crippen LogP contribution in [-0.4, -0.2) is 13.1 Å². The molecule has 1 aliphatic carbocycles. The fourth-order valence-electron chi connectivity index (χ4n) is 2.32. The molecule has 1 aromatic rings. The lowest BCUT2D eigenvalue weighted by Gasteiger charge is -2.15. The SMILES string of the molecule is CNC(CCc1cc(C)ccc1F)C1CC1. The number of hydrogen-bond donors (Lipinski definition) is 1. The summed E-state index contributed by atoms with van der Waals surface area (Å²) in [5, 5.41) is 3.35. The van der Waals surface area contributed by atoms with E-state index in [-0.39, 0.29) is 5.82 Å². The number of rotatable bonds is 5. The first-order valence-corrected chi connectivity index (χ1v) is 6.13. The van der Waals surface area contributed by atoms with Crippen LogP contribution in [0, 0.1) is 18.7 Å². The van der Waals surface area contributed by atoms with Crippen molar-refractivity contribution in [3.8, 4) is 0 Å². The van der Waals surface area contributed by atoms with Crippen molar-refractivity contribution in [1.29, 1.82) is 0 Å². The van der Waals surface area contributed by atoms with Crippen molar-refractivity contribution in [3.63, 3.8) is 0 Å². The van der Waals surface area contributed by atoms with Gasteiger partial charge in [0.15, 0.2) is 0 Å². The molecule has 0 heterocycles. The number of benzene rings is 1. The van der Waals surface area contributed by atoms with Crippen LogP contribution in [0.1, 0.15) is 30.4 Å². The minimum atomic E-state index is -0.0590. The van der Waals surface area contributed by atoms with Gasteiger partial charge in [-0.3, -0.25) is 0 Å². The van der Waals surface area contributed by atoms with Crippen LogP contribution in [0.2, 0.25) is 0 Å². The second-order valence-electron chi connectivity index (χ2n) is 4.87. The van der Waals surface area contributed by atoms with Crippen LogP contribution in [0.5, 0.6) is 0 Å². The third-order valence-corrected chi connectivity index (χ3v) is 3.49. The molecule has 0 aromatic heterocycles. The Morgan fingerprint density at radius 3 is 2.81 bits per heavy atom. The first kappa shape index (κ1) is 11.6. The normalized spacial score (nSPS) is 17.4. The maximum atomic E-state index is 13.5. The number of halogens is 1. The van der Waals surface area contributed by atoms with Gasteiger partial charge in [0, 0.05) is 6.04 Å². The molecule has 16 heavy (non-hydrogen) atoms. The highest BCUT2D eigenvalue weighted by Gasteiger charge is 2.29. The molecule has 1 unspecified atom stereocenters. The average molecular weight is 221 g/mol. The van der Waals surface area contributed by atoms with Crippen LogP contribution < -0.4 is 5.32 Å². The molecule has 1 atom stereocenters. The van der Waals surface area contributed by atoms with E-state index in [2.05, 4.69) is 5.32 Å². The molecule has 88 valence electrons. The van der Waals surface area contributed by atoms with Gasteiger partial charge in [-0.2, -0.15) is 0 Å². The first-order chi connectivity index (χ1) is 7.70. The second kappa shape index (κ2) is 4.96. The highest BCUT2D eigenvalue weighted by atomic mass is 19.1. The van der Waals surface area contributed by atoms with Gasteiger partial charge in [0.05, 0.1) is 0 Å². The number of nitrogens with one attached hydrogen (secondary N) is 1. The molecule has 1 fully saturated rings. The van der Waals surface area contributed by atoms with Crippen molar-refractivity contribution in [2.75, 3.05) is 7.05 Å². The van der Waals surface area contributed by atoms with E-state index in [1.165, 1.54) is 12.8 Å². The van der Waals surface area contributed by atoms with Crippen LogP contribution >= 0.6 is 0 Å². The Morgan fingerprint density at radius 1 is 1.44 bits per heavy atom. The molecule has 0 amide bonds. The smallest absolute Gasteiger partial charge is 0.126 e. The maximum absolute atomic E-state index is 13.5. The minimum absolute atomic E-state index is 0.0590. The predicted octanol–water partition coefficient (Wildman–Crippen LogP) is 3.06. The summed E-state index contributed by atoms with van der Waals surface area (Å²) >= 11 is 0. The number of aryl methyl sites for hydroxylation is 2. The van der Waals surface area contributed by atoms with Crippen LogP contribution in [0.4, 0.5) is 4.39 Å². The maximum Gasteiger partial charge on any atom is 0.126 e. The fourth-order valence-corrected chi connectivity index (χ4v) is 2.32. The molecule has 2 rings (SSSR count). The van der Waals surface area contributed by atoms with Crippen molar-refractivity contribution >= 4 is 0 Å². The lowest BCUT2D eigenvalue weighted by molar-refractivity contribution is 0.465. The van der Waals surface area contributed by atoms with E-state index in [1.807, 2.05) is 26.1 Å². The Kier molecular flexibility index (Phi) is 3.59. The highest BCUT2D eigenvalue weighted by Crippen LogP contribution is 2.34. The zero-order valence-electron chi connectivity index (χ0n) is 10.1. The summed E-state index contributed by atoms with van der Waals surface area (Å²) in [6, 6.07) is 5.94. The van der Waals surface area contributed by atoms with E-state index in [0.717, 1.165) is 29.9 Å². The summed E-state index contributed by atoms with van der Waals surface area (Å²) in [4.78, 5) is 0. The quantitative estimate of drug-likeness (QED) is 0.805. The monoisotopic (exact) mass is 221 g/mol. The Bertz CT molecular complexity index is 358. The van der Waals surface area contributed by atoms with Gasteiger partial charge >= 0.3 is 0 Å². The third kappa shape index (κ3) is 2.82. The summed E-state index contributed by atoms with van der Waals surface area (Å²) in [5.74, 6) is 0.772. The molecule has 0 bridgehead atoms. The minimum Gasteiger partial charge on any atom is -0.317 e. The Balaban J connectivity index is 1.95. The lowest BCUT2D eigenvalue weighted by Crippen LogP contribution is -2.27. The predicted molar refractivity (Wildman–Crippen MR) is 65.0 cm³/mol. The van der Waals surface area contributed by atoms with Gasteiger partial charge in [-0.25, -0.2) is 4.39 Å². The second-order valence-corrected chi connectivity index (χ2v) is 4.87. The van der Waals surface area contributed by atoms with Crippen molar-refractivity contribution in [1.82, 2.24) is 5.32 Å². The van der Waals surface area contributed by atoms with Crippen molar-refractivity contribution < 1.29 is 4.39 Å². The number of hydrogen-bond acceptors (Lipinski definition) is 1. The van der Waals surface area contributed by atoms with E-state index in [4.69, 9.17) is 0 Å². The van der Waals surface area contributed by atoms with Crippen LogP contribution in [-0.2, 0) is 6.42 Å². The van der Waals surface area contributed by atoms with Crippen LogP contribution in [0.3, 0.4) is 0 Å². The summed E-state index contributed by atoms with van der Waals surface area (Å²) in [6.45, 7) is 2.01. The van der Waals surface area contributed by atoms with Gasteiger partial charge in [-0.05, 0) is 57.2 Å². The van der Waals surface area contributed by atoms with Gasteiger partial charge in [0.1, 0.15) is 5.82 Å². The third-order valence-electron chi connectivity index (χ3n) is 3.49. The van der Waals surface area contributed by atoms with Crippen LogP contribution in [0.25, 0.3) is 0 Å². The van der Waals surface area contributed by atoms with Crippen molar-refractivity contribution in [3.05, 3.63) is 35.1 Å². The average Bonchev–Trinajstić information content (AvgIpc) is 3.08. The van der Waals surface area contributed by atoms with Gasteiger partial charge in [-0.15, -0.1) is 0 Å². The molecule has 1 aliphatic rings. The summed E-state index contributed by atoms with van der Waals surface area (Å²) < 4.78 is 13.5. The van der Waals surface area contributed by atoms with Crippen LogP contribution in [0.15, 0.2) is 18.2 Å². The van der Waals surface area contributed by atoms with Gasteiger partial charge in [0.25, 0.3) is 0 Å². The highest BCUT2D eigenvalue weighted by molar-refractivity contribution is 5.24. The van der Waals surface area contributed by atoms with Gasteiger partial charge < -0.3 is 5.32 Å². The largest absolute Gasteiger partial charge is 0.317 e. The van der Waals surface area contributed by atoms with Crippen molar-refractivity contribution in [2.45, 2.75) is 38.6 Å². The fraction of sp³-hybridized carbons (Fsp3) is 0.571. The molecule has 2 heteroatoms. The molecule has 1 nitrogen and oxygen atoms in total.